The van der Waals surface area contributed by atoms with Crippen LogP contribution in [0.2, 0.25) is 0 Å². The molecule has 2 aromatic heterocycles. The van der Waals surface area contributed by atoms with Crippen LogP contribution in [0, 0.1) is 12.3 Å². The van der Waals surface area contributed by atoms with Crippen LogP contribution in [0.1, 0.15) is 0 Å². The first-order chi connectivity index (χ1) is 25.8. The van der Waals surface area contributed by atoms with Crippen molar-refractivity contribution >= 4 is 74.7 Å². The maximum atomic E-state index is 3.71. The molecule has 0 saturated carbocycles. The minimum absolute atomic E-state index is 0. The van der Waals surface area contributed by atoms with E-state index in [4.69, 9.17) is 0 Å². The van der Waals surface area contributed by atoms with Crippen molar-refractivity contribution in [3.8, 4) is 39.1 Å². The number of benzene rings is 9. The zero-order valence-corrected chi connectivity index (χ0v) is 32.3. The molecule has 0 aliphatic rings. The molecule has 11 aromatic rings. The van der Waals surface area contributed by atoms with Gasteiger partial charge in [-0.3, -0.25) is 0 Å². The van der Waals surface area contributed by atoms with Crippen LogP contribution in [0.3, 0.4) is 0 Å². The molecule has 0 amide bonds. The second kappa shape index (κ2) is 12.9. The normalized spacial score (nSPS) is 11.6. The second-order valence-electron chi connectivity index (χ2n) is 13.5. The Balaban J connectivity index is 0.00000349. The molecule has 245 valence electrons. The Kier molecular flexibility index (Phi) is 7.88. The van der Waals surface area contributed by atoms with Crippen molar-refractivity contribution in [2.24, 2.45) is 0 Å². The molecule has 0 atom stereocenters. The molecule has 1 nitrogen and oxygen atoms in total. The standard InChI is InChI=1S/C50H29NS.Y/c1-2-13-32(14-3-1)47-31-51(48-26-9-8-21-43(47)48)35-16-10-15-33(29-35)36-22-11-24-44-45-25-12-23-37(50(45)52-49(36)44)34-27-28-42-40-19-5-4-17-38(40)39-18-6-7-20-41(39)46(42)30-34;/h1-15,17-30H;/q-2;. The van der Waals surface area contributed by atoms with Gasteiger partial charge in [-0.25, -0.2) is 6.07 Å². The first-order valence-electron chi connectivity index (χ1n) is 17.7. The summed E-state index contributed by atoms with van der Waals surface area (Å²) in [5.74, 6) is 0. The molecule has 0 aliphatic heterocycles. The molecule has 0 fully saturated rings. The SMILES string of the molecule is [Y].[c-]1ccc(-c2cccc3c2sc2c(-c4ccc5c6ccccc6c6ccccc6c5c4)cccc23)cc1-n1[c-]c(-c2ccccc2)c2ccccc21. The van der Waals surface area contributed by atoms with Crippen molar-refractivity contribution in [2.45, 2.75) is 0 Å². The molecule has 0 unspecified atom stereocenters. The van der Waals surface area contributed by atoms with Gasteiger partial charge in [0.2, 0.25) is 0 Å². The van der Waals surface area contributed by atoms with Crippen molar-refractivity contribution in [2.75, 3.05) is 0 Å². The predicted octanol–water partition coefficient (Wildman–Crippen LogP) is 14.1. The first kappa shape index (κ1) is 32.3. The second-order valence-corrected chi connectivity index (χ2v) is 14.5. The van der Waals surface area contributed by atoms with Gasteiger partial charge in [0.1, 0.15) is 0 Å². The average Bonchev–Trinajstić information content (AvgIpc) is 3.81. The van der Waals surface area contributed by atoms with Crippen molar-refractivity contribution in [3.63, 3.8) is 0 Å². The summed E-state index contributed by atoms with van der Waals surface area (Å²) < 4.78 is 4.77. The summed E-state index contributed by atoms with van der Waals surface area (Å²) in [5, 5.41) is 11.6. The summed E-state index contributed by atoms with van der Waals surface area (Å²) in [6, 6.07) is 67.3. The van der Waals surface area contributed by atoms with E-state index in [0.29, 0.717) is 0 Å². The van der Waals surface area contributed by atoms with Crippen molar-refractivity contribution in [3.05, 3.63) is 188 Å². The number of hydrogen-bond donors (Lipinski definition) is 0. The molecule has 1 radical (unpaired) electrons. The maximum Gasteiger partial charge on any atom is 0.0434 e. The molecule has 0 spiro atoms. The molecule has 9 aromatic carbocycles. The van der Waals surface area contributed by atoms with Crippen molar-refractivity contribution in [1.82, 2.24) is 4.57 Å². The Labute approximate surface area is 336 Å². The Morgan fingerprint density at radius 1 is 0.396 bits per heavy atom. The van der Waals surface area contributed by atoms with Gasteiger partial charge in [0.15, 0.2) is 0 Å². The van der Waals surface area contributed by atoms with Gasteiger partial charge in [0.05, 0.1) is 0 Å². The molecule has 53 heavy (non-hydrogen) atoms. The summed E-state index contributed by atoms with van der Waals surface area (Å²) >= 11 is 1.90. The van der Waals surface area contributed by atoms with E-state index in [1.165, 1.54) is 80.1 Å². The van der Waals surface area contributed by atoms with Crippen LogP contribution in [0.15, 0.2) is 176 Å². The van der Waals surface area contributed by atoms with Gasteiger partial charge in [-0.1, -0.05) is 168 Å². The van der Waals surface area contributed by atoms with Gasteiger partial charge in [0, 0.05) is 52.9 Å². The Bertz CT molecular complexity index is 3150. The number of rotatable bonds is 4. The molecule has 0 bridgehead atoms. The summed E-state index contributed by atoms with van der Waals surface area (Å²) in [5.41, 5.74) is 9.28. The number of aromatic nitrogens is 1. The molecular weight excluding hydrogens is 736 g/mol. The van der Waals surface area contributed by atoms with Gasteiger partial charge in [0.25, 0.3) is 0 Å². The molecule has 0 aliphatic carbocycles. The van der Waals surface area contributed by atoms with Crippen molar-refractivity contribution < 1.29 is 32.7 Å². The van der Waals surface area contributed by atoms with Crippen LogP contribution >= 0.6 is 11.3 Å². The average molecular weight is 765 g/mol. The molecule has 0 N–H and O–H groups in total. The monoisotopic (exact) mass is 764 g/mol. The first-order valence-corrected chi connectivity index (χ1v) is 18.5. The molecule has 2 heterocycles. The van der Waals surface area contributed by atoms with E-state index in [-0.39, 0.29) is 32.7 Å². The zero-order valence-electron chi connectivity index (χ0n) is 28.7. The minimum atomic E-state index is 0. The van der Waals surface area contributed by atoms with Crippen LogP contribution in [0.5, 0.6) is 0 Å². The van der Waals surface area contributed by atoms with Crippen LogP contribution in [0.4, 0.5) is 0 Å². The third kappa shape index (κ3) is 5.12. The van der Waals surface area contributed by atoms with Gasteiger partial charge >= 0.3 is 0 Å². The Hall–Kier alpha value is -5.38. The number of nitrogens with zero attached hydrogens (tertiary/aromatic N) is 1. The van der Waals surface area contributed by atoms with Gasteiger partial charge < -0.3 is 4.57 Å². The van der Waals surface area contributed by atoms with E-state index in [0.717, 1.165) is 22.3 Å². The maximum absolute atomic E-state index is 3.71. The third-order valence-corrected chi connectivity index (χ3v) is 11.9. The summed E-state index contributed by atoms with van der Waals surface area (Å²) in [6.45, 7) is 0. The minimum Gasteiger partial charge on any atom is -0.439 e. The van der Waals surface area contributed by atoms with Gasteiger partial charge in [-0.05, 0) is 66.8 Å². The Morgan fingerprint density at radius 3 is 1.58 bits per heavy atom. The molecule has 3 heteroatoms. The fourth-order valence-electron chi connectivity index (χ4n) is 8.23. The fourth-order valence-corrected chi connectivity index (χ4v) is 9.60. The predicted molar refractivity (Wildman–Crippen MR) is 223 cm³/mol. The van der Waals surface area contributed by atoms with Gasteiger partial charge in [-0.2, -0.15) is 18.2 Å². The summed E-state index contributed by atoms with van der Waals surface area (Å²) in [7, 11) is 0. The largest absolute Gasteiger partial charge is 0.439 e. The van der Waals surface area contributed by atoms with Crippen LogP contribution in [0.25, 0.3) is 102 Å². The van der Waals surface area contributed by atoms with E-state index < -0.39 is 0 Å². The van der Waals surface area contributed by atoms with Crippen molar-refractivity contribution in [1.29, 1.82) is 0 Å². The van der Waals surface area contributed by atoms with Crippen LogP contribution < -0.4 is 0 Å². The topological polar surface area (TPSA) is 4.93 Å². The van der Waals surface area contributed by atoms with E-state index in [2.05, 4.69) is 193 Å². The van der Waals surface area contributed by atoms with E-state index >= 15 is 0 Å². The fraction of sp³-hybridized carbons (Fsp3) is 0. The number of fused-ring (bicyclic) bond motifs is 10. The Morgan fingerprint density at radius 2 is 0.925 bits per heavy atom. The zero-order chi connectivity index (χ0) is 34.2. The smallest absolute Gasteiger partial charge is 0.0434 e. The van der Waals surface area contributed by atoms with Gasteiger partial charge in [-0.15, -0.1) is 22.6 Å². The van der Waals surface area contributed by atoms with Crippen LogP contribution in [-0.2, 0) is 32.7 Å². The van der Waals surface area contributed by atoms with E-state index in [1.54, 1.807) is 0 Å². The quantitative estimate of drug-likeness (QED) is 0.124. The summed E-state index contributed by atoms with van der Waals surface area (Å²) in [6.07, 6.45) is 3.71. The van der Waals surface area contributed by atoms with Crippen LogP contribution in [-0.4, -0.2) is 4.57 Å². The van der Waals surface area contributed by atoms with E-state index in [9.17, 15) is 0 Å². The molecular formula is C50H29NSY-2. The number of hydrogen-bond acceptors (Lipinski definition) is 1. The molecule has 0 saturated heterocycles. The third-order valence-electron chi connectivity index (χ3n) is 10.6. The summed E-state index contributed by atoms with van der Waals surface area (Å²) in [4.78, 5) is 0. The number of thiophene rings is 1. The number of para-hydroxylation sites is 1. The molecule has 11 rings (SSSR count). The van der Waals surface area contributed by atoms with E-state index in [1.807, 2.05) is 11.3 Å².